The summed E-state index contributed by atoms with van der Waals surface area (Å²) in [5, 5.41) is 3.09. The molecule has 96 valence electrons. The maximum absolute atomic E-state index is 11.6. The van der Waals surface area contributed by atoms with Gasteiger partial charge in [0.2, 0.25) is 0 Å². The van der Waals surface area contributed by atoms with Gasteiger partial charge in [0.15, 0.2) is 9.84 Å². The summed E-state index contributed by atoms with van der Waals surface area (Å²) < 4.78 is 28.5. The molecule has 2 aromatic rings. The molecule has 2 rings (SSSR count). The third kappa shape index (κ3) is 2.73. The SMILES string of the molecule is Cc1ccoc1CNc1ccccc1S(C)(=O)=O. The highest BCUT2D eigenvalue weighted by atomic mass is 32.2. The number of nitrogens with one attached hydrogen (secondary N) is 1. The Morgan fingerprint density at radius 2 is 1.94 bits per heavy atom. The summed E-state index contributed by atoms with van der Waals surface area (Å²) in [6.45, 7) is 2.41. The predicted molar refractivity (Wildman–Crippen MR) is 70.3 cm³/mol. The number of para-hydroxylation sites is 1. The third-order valence-corrected chi connectivity index (χ3v) is 3.85. The molecule has 5 heteroatoms. The van der Waals surface area contributed by atoms with Crippen molar-refractivity contribution in [2.45, 2.75) is 18.4 Å². The van der Waals surface area contributed by atoms with E-state index in [2.05, 4.69) is 5.32 Å². The van der Waals surface area contributed by atoms with E-state index in [0.29, 0.717) is 17.1 Å². The number of aryl methyl sites for hydroxylation is 1. The smallest absolute Gasteiger partial charge is 0.177 e. The number of hydrogen-bond donors (Lipinski definition) is 1. The maximum Gasteiger partial charge on any atom is 0.177 e. The lowest BCUT2D eigenvalue weighted by atomic mass is 10.2. The van der Waals surface area contributed by atoms with Crippen molar-refractivity contribution >= 4 is 15.5 Å². The molecule has 0 bridgehead atoms. The zero-order valence-electron chi connectivity index (χ0n) is 10.3. The zero-order valence-corrected chi connectivity index (χ0v) is 11.1. The Bertz CT molecular complexity index is 644. The largest absolute Gasteiger partial charge is 0.467 e. The number of furan rings is 1. The molecule has 1 aromatic carbocycles. The van der Waals surface area contributed by atoms with Gasteiger partial charge in [0.05, 0.1) is 23.4 Å². The van der Waals surface area contributed by atoms with Gasteiger partial charge in [-0.05, 0) is 30.7 Å². The lowest BCUT2D eigenvalue weighted by Crippen LogP contribution is -2.06. The number of rotatable bonds is 4. The first kappa shape index (κ1) is 12.7. The van der Waals surface area contributed by atoms with Crippen LogP contribution in [-0.4, -0.2) is 14.7 Å². The summed E-state index contributed by atoms with van der Waals surface area (Å²) in [7, 11) is -3.23. The van der Waals surface area contributed by atoms with Gasteiger partial charge in [-0.1, -0.05) is 12.1 Å². The summed E-state index contributed by atoms with van der Waals surface area (Å²) in [6, 6.07) is 8.71. The second-order valence-corrected chi connectivity index (χ2v) is 6.13. The van der Waals surface area contributed by atoms with Gasteiger partial charge in [-0.25, -0.2) is 8.42 Å². The average Bonchev–Trinajstić information content (AvgIpc) is 2.71. The van der Waals surface area contributed by atoms with E-state index < -0.39 is 9.84 Å². The molecular weight excluding hydrogens is 250 g/mol. The molecule has 0 fully saturated rings. The second-order valence-electron chi connectivity index (χ2n) is 4.15. The van der Waals surface area contributed by atoms with E-state index in [1.807, 2.05) is 13.0 Å². The summed E-state index contributed by atoms with van der Waals surface area (Å²) in [4.78, 5) is 0.300. The normalized spacial score (nSPS) is 11.4. The van der Waals surface area contributed by atoms with Gasteiger partial charge in [0, 0.05) is 6.26 Å². The van der Waals surface area contributed by atoms with Crippen molar-refractivity contribution in [3.05, 3.63) is 47.9 Å². The molecule has 0 aliphatic rings. The van der Waals surface area contributed by atoms with E-state index in [0.717, 1.165) is 11.3 Å². The van der Waals surface area contributed by atoms with E-state index >= 15 is 0 Å². The first-order valence-electron chi connectivity index (χ1n) is 5.54. The van der Waals surface area contributed by atoms with Gasteiger partial charge in [0.25, 0.3) is 0 Å². The summed E-state index contributed by atoms with van der Waals surface area (Å²) >= 11 is 0. The molecular formula is C13H15NO3S. The van der Waals surface area contributed by atoms with Crippen LogP contribution in [0.1, 0.15) is 11.3 Å². The van der Waals surface area contributed by atoms with E-state index in [1.165, 1.54) is 6.26 Å². The summed E-state index contributed by atoms with van der Waals surface area (Å²) in [5.41, 5.74) is 1.63. The van der Waals surface area contributed by atoms with Crippen molar-refractivity contribution < 1.29 is 12.8 Å². The van der Waals surface area contributed by atoms with Crippen LogP contribution in [0.15, 0.2) is 45.9 Å². The molecule has 0 aliphatic carbocycles. The van der Waals surface area contributed by atoms with E-state index in [1.54, 1.807) is 30.5 Å². The molecule has 0 aliphatic heterocycles. The second kappa shape index (κ2) is 4.86. The van der Waals surface area contributed by atoms with Crippen molar-refractivity contribution in [1.29, 1.82) is 0 Å². The Labute approximate surface area is 107 Å². The summed E-state index contributed by atoms with van der Waals surface area (Å²) in [5.74, 6) is 0.804. The van der Waals surface area contributed by atoms with Gasteiger partial charge >= 0.3 is 0 Å². The first-order valence-corrected chi connectivity index (χ1v) is 7.43. The van der Waals surface area contributed by atoms with Crippen LogP contribution in [0.4, 0.5) is 5.69 Å². The Balaban J connectivity index is 2.23. The molecule has 0 atom stereocenters. The van der Waals surface area contributed by atoms with Crippen LogP contribution in [0.2, 0.25) is 0 Å². The first-order chi connectivity index (χ1) is 8.48. The van der Waals surface area contributed by atoms with Crippen LogP contribution in [-0.2, 0) is 16.4 Å². The topological polar surface area (TPSA) is 59.3 Å². The fourth-order valence-electron chi connectivity index (χ4n) is 1.70. The monoisotopic (exact) mass is 265 g/mol. The average molecular weight is 265 g/mol. The van der Waals surface area contributed by atoms with E-state index in [9.17, 15) is 8.42 Å². The molecule has 0 amide bonds. The molecule has 0 unspecified atom stereocenters. The Hall–Kier alpha value is -1.75. The minimum Gasteiger partial charge on any atom is -0.467 e. The Kier molecular flexibility index (Phi) is 3.43. The van der Waals surface area contributed by atoms with Crippen molar-refractivity contribution in [2.24, 2.45) is 0 Å². The number of benzene rings is 1. The molecule has 4 nitrogen and oxygen atoms in total. The summed E-state index contributed by atoms with van der Waals surface area (Å²) in [6.07, 6.45) is 2.82. The van der Waals surface area contributed by atoms with Crippen LogP contribution in [0.3, 0.4) is 0 Å². The number of sulfone groups is 1. The van der Waals surface area contributed by atoms with Gasteiger partial charge in [-0.15, -0.1) is 0 Å². The van der Waals surface area contributed by atoms with Crippen molar-refractivity contribution in [3.63, 3.8) is 0 Å². The van der Waals surface area contributed by atoms with Gasteiger partial charge in [-0.3, -0.25) is 0 Å². The highest BCUT2D eigenvalue weighted by molar-refractivity contribution is 7.90. The zero-order chi connectivity index (χ0) is 13.2. The predicted octanol–water partition coefficient (Wildman–Crippen LogP) is 2.60. The Morgan fingerprint density at radius 3 is 2.56 bits per heavy atom. The highest BCUT2D eigenvalue weighted by Gasteiger charge is 2.12. The number of hydrogen-bond acceptors (Lipinski definition) is 4. The maximum atomic E-state index is 11.6. The van der Waals surface area contributed by atoms with Crippen LogP contribution >= 0.6 is 0 Å². The molecule has 0 spiro atoms. The van der Waals surface area contributed by atoms with Gasteiger partial charge < -0.3 is 9.73 Å². The molecule has 0 saturated heterocycles. The van der Waals surface area contributed by atoms with E-state index in [4.69, 9.17) is 4.42 Å². The molecule has 1 heterocycles. The van der Waals surface area contributed by atoms with Crippen LogP contribution in [0.25, 0.3) is 0 Å². The lowest BCUT2D eigenvalue weighted by molar-refractivity contribution is 0.515. The van der Waals surface area contributed by atoms with Crippen LogP contribution < -0.4 is 5.32 Å². The van der Waals surface area contributed by atoms with Crippen LogP contribution in [0.5, 0.6) is 0 Å². The minimum atomic E-state index is -3.23. The fourth-order valence-corrected chi connectivity index (χ4v) is 2.56. The standard InChI is InChI=1S/C13H15NO3S/c1-10-7-8-17-12(10)9-14-11-5-3-4-6-13(11)18(2,15)16/h3-8,14H,9H2,1-2H3. The molecule has 18 heavy (non-hydrogen) atoms. The van der Waals surface area contributed by atoms with Crippen LogP contribution in [0, 0.1) is 6.92 Å². The quantitative estimate of drug-likeness (QED) is 0.923. The molecule has 0 radical (unpaired) electrons. The van der Waals surface area contributed by atoms with Gasteiger partial charge in [0.1, 0.15) is 5.76 Å². The lowest BCUT2D eigenvalue weighted by Gasteiger charge is -2.09. The highest BCUT2D eigenvalue weighted by Crippen LogP contribution is 2.21. The molecule has 1 aromatic heterocycles. The van der Waals surface area contributed by atoms with Crippen molar-refractivity contribution in [3.8, 4) is 0 Å². The minimum absolute atomic E-state index is 0.300. The van der Waals surface area contributed by atoms with Crippen molar-refractivity contribution in [2.75, 3.05) is 11.6 Å². The van der Waals surface area contributed by atoms with Gasteiger partial charge in [-0.2, -0.15) is 0 Å². The molecule has 0 saturated carbocycles. The fraction of sp³-hybridized carbons (Fsp3) is 0.231. The van der Waals surface area contributed by atoms with E-state index in [-0.39, 0.29) is 0 Å². The third-order valence-electron chi connectivity index (χ3n) is 2.69. The van der Waals surface area contributed by atoms with Crippen molar-refractivity contribution in [1.82, 2.24) is 0 Å². The number of anilines is 1. The Morgan fingerprint density at radius 1 is 1.22 bits per heavy atom. The molecule has 1 N–H and O–H groups in total.